The highest BCUT2D eigenvalue weighted by Crippen LogP contribution is 2.38. The number of hydrogen-bond acceptors (Lipinski definition) is 7. The summed E-state index contributed by atoms with van der Waals surface area (Å²) >= 11 is 1.55. The molecule has 144 valence electrons. The topological polar surface area (TPSA) is 69.2 Å². The molecule has 5 rings (SSSR count). The lowest BCUT2D eigenvalue weighted by Crippen LogP contribution is -2.06. The van der Waals surface area contributed by atoms with E-state index in [-0.39, 0.29) is 0 Å². The summed E-state index contributed by atoms with van der Waals surface area (Å²) in [4.78, 5) is 14.1. The molecule has 0 aromatic carbocycles. The first kappa shape index (κ1) is 17.6. The van der Waals surface area contributed by atoms with Crippen LogP contribution in [0, 0.1) is 0 Å². The number of nitrogens with zero attached hydrogens (tertiary/aromatic N) is 3. The zero-order valence-corrected chi connectivity index (χ0v) is 16.4. The van der Waals surface area contributed by atoms with Crippen molar-refractivity contribution in [3.63, 3.8) is 0 Å². The van der Waals surface area contributed by atoms with E-state index in [1.54, 1.807) is 36.4 Å². The molecule has 1 N–H and O–H groups in total. The van der Waals surface area contributed by atoms with Crippen molar-refractivity contribution in [2.75, 3.05) is 5.32 Å². The van der Waals surface area contributed by atoms with Gasteiger partial charge in [-0.25, -0.2) is 9.97 Å². The number of allylic oxidation sites excluding steroid dienone is 4. The molecule has 0 saturated carbocycles. The molecule has 1 aliphatic carbocycles. The summed E-state index contributed by atoms with van der Waals surface area (Å²) < 4.78 is 11.8. The number of fused-ring (bicyclic) bond motifs is 1. The molecule has 1 aliphatic heterocycles. The van der Waals surface area contributed by atoms with E-state index >= 15 is 0 Å². The van der Waals surface area contributed by atoms with Crippen molar-refractivity contribution in [1.29, 1.82) is 0 Å². The van der Waals surface area contributed by atoms with Crippen LogP contribution in [0.2, 0.25) is 0 Å². The molecule has 2 aliphatic rings. The average molecular weight is 402 g/mol. The zero-order valence-electron chi connectivity index (χ0n) is 15.5. The Kier molecular flexibility index (Phi) is 4.80. The Morgan fingerprint density at radius 2 is 2.07 bits per heavy atom. The molecule has 6 nitrogen and oxygen atoms in total. The van der Waals surface area contributed by atoms with E-state index in [0.29, 0.717) is 12.3 Å². The fourth-order valence-electron chi connectivity index (χ4n) is 3.26. The SMILES string of the molecule is C1=CCCC(C2=COC=C(c3csc4ncnc(NCc5ccccn5)c34)O2)=C1. The molecule has 7 heteroatoms. The molecule has 0 fully saturated rings. The standard InChI is InChI=1S/C22H18N4O2S/c1-2-6-15(7-3-1)18-11-27-12-19(28-18)17-13-29-22-20(17)21(25-14-26-22)24-10-16-8-4-5-9-23-16/h1-2,4-6,8-9,11-14H,3,7,10H2,(H,24,25,26). The molecule has 0 saturated heterocycles. The molecule has 3 aromatic heterocycles. The van der Waals surface area contributed by atoms with Crippen molar-refractivity contribution in [3.05, 3.63) is 89.4 Å². The molecule has 0 radical (unpaired) electrons. The van der Waals surface area contributed by atoms with E-state index in [1.807, 2.05) is 23.6 Å². The molecule has 0 amide bonds. The molecule has 29 heavy (non-hydrogen) atoms. The third-order valence-corrected chi connectivity index (χ3v) is 5.59. The van der Waals surface area contributed by atoms with Gasteiger partial charge in [-0.1, -0.05) is 24.3 Å². The molecule has 0 spiro atoms. The summed E-state index contributed by atoms with van der Waals surface area (Å²) in [6, 6.07) is 5.85. The Hall–Kier alpha value is -3.45. The fraction of sp³-hybridized carbons (Fsp3) is 0.136. The van der Waals surface area contributed by atoms with E-state index in [1.165, 1.54) is 0 Å². The van der Waals surface area contributed by atoms with Gasteiger partial charge in [0.1, 0.15) is 29.5 Å². The highest BCUT2D eigenvalue weighted by molar-refractivity contribution is 7.17. The summed E-state index contributed by atoms with van der Waals surface area (Å²) in [5.41, 5.74) is 2.98. The highest BCUT2D eigenvalue weighted by Gasteiger charge is 2.21. The first-order valence-corrected chi connectivity index (χ1v) is 10.2. The Morgan fingerprint density at radius 3 is 2.93 bits per heavy atom. The number of ether oxygens (including phenoxy) is 2. The van der Waals surface area contributed by atoms with Gasteiger partial charge in [0.15, 0.2) is 11.5 Å². The Morgan fingerprint density at radius 1 is 1.10 bits per heavy atom. The quantitative estimate of drug-likeness (QED) is 0.636. The predicted molar refractivity (Wildman–Crippen MR) is 114 cm³/mol. The van der Waals surface area contributed by atoms with Crippen molar-refractivity contribution in [2.45, 2.75) is 19.4 Å². The van der Waals surface area contributed by atoms with Gasteiger partial charge in [-0.15, -0.1) is 11.3 Å². The summed E-state index contributed by atoms with van der Waals surface area (Å²) in [5.74, 6) is 2.14. The smallest absolute Gasteiger partial charge is 0.171 e. The minimum absolute atomic E-state index is 0.572. The van der Waals surface area contributed by atoms with Crippen LogP contribution in [0.3, 0.4) is 0 Å². The van der Waals surface area contributed by atoms with Crippen LogP contribution < -0.4 is 5.32 Å². The van der Waals surface area contributed by atoms with Gasteiger partial charge in [0, 0.05) is 17.1 Å². The van der Waals surface area contributed by atoms with Crippen LogP contribution >= 0.6 is 11.3 Å². The third kappa shape index (κ3) is 3.64. The van der Waals surface area contributed by atoms with E-state index in [0.717, 1.165) is 51.5 Å². The second kappa shape index (κ2) is 7.89. The minimum atomic E-state index is 0.572. The predicted octanol–water partition coefficient (Wildman–Crippen LogP) is 5.16. The zero-order chi connectivity index (χ0) is 19.5. The van der Waals surface area contributed by atoms with E-state index in [9.17, 15) is 0 Å². The molecule has 0 bridgehead atoms. The first-order chi connectivity index (χ1) is 14.4. The Balaban J connectivity index is 1.44. The van der Waals surface area contributed by atoms with Crippen LogP contribution in [0.1, 0.15) is 24.1 Å². The van der Waals surface area contributed by atoms with Crippen molar-refractivity contribution < 1.29 is 9.47 Å². The van der Waals surface area contributed by atoms with Crippen molar-refractivity contribution in [2.24, 2.45) is 0 Å². The summed E-state index contributed by atoms with van der Waals surface area (Å²) in [7, 11) is 0. The van der Waals surface area contributed by atoms with Gasteiger partial charge in [-0.05, 0) is 30.5 Å². The Bertz CT molecular complexity index is 1160. The van der Waals surface area contributed by atoms with Crippen LogP contribution in [0.25, 0.3) is 16.0 Å². The van der Waals surface area contributed by atoms with Crippen molar-refractivity contribution in [3.8, 4) is 0 Å². The first-order valence-electron chi connectivity index (χ1n) is 9.34. The van der Waals surface area contributed by atoms with Crippen LogP contribution in [0.4, 0.5) is 5.82 Å². The normalized spacial score (nSPS) is 15.8. The maximum atomic E-state index is 6.20. The number of pyridine rings is 1. The van der Waals surface area contributed by atoms with Crippen LogP contribution in [0.15, 0.2) is 78.2 Å². The second-order valence-electron chi connectivity index (χ2n) is 6.59. The molecular formula is C22H18N4O2S. The van der Waals surface area contributed by atoms with Gasteiger partial charge >= 0.3 is 0 Å². The molecule has 3 aromatic rings. The maximum Gasteiger partial charge on any atom is 0.171 e. The number of rotatable bonds is 5. The molecule has 4 heterocycles. The maximum absolute atomic E-state index is 6.20. The van der Waals surface area contributed by atoms with E-state index in [4.69, 9.17) is 9.47 Å². The van der Waals surface area contributed by atoms with Crippen LogP contribution in [-0.2, 0) is 16.0 Å². The third-order valence-electron chi connectivity index (χ3n) is 4.70. The fourth-order valence-corrected chi connectivity index (χ4v) is 4.16. The average Bonchev–Trinajstić information content (AvgIpc) is 3.24. The number of aromatic nitrogens is 3. The van der Waals surface area contributed by atoms with Crippen molar-refractivity contribution >= 4 is 33.1 Å². The van der Waals surface area contributed by atoms with Gasteiger partial charge in [0.2, 0.25) is 0 Å². The van der Waals surface area contributed by atoms with E-state index in [2.05, 4.69) is 38.5 Å². The van der Waals surface area contributed by atoms with E-state index < -0.39 is 0 Å². The second-order valence-corrected chi connectivity index (χ2v) is 7.45. The van der Waals surface area contributed by atoms with Gasteiger partial charge in [0.25, 0.3) is 0 Å². The lowest BCUT2D eigenvalue weighted by molar-refractivity contribution is 0.285. The number of anilines is 1. The van der Waals surface area contributed by atoms with Crippen LogP contribution in [-0.4, -0.2) is 15.0 Å². The molecule has 0 unspecified atom stereocenters. The molecular weight excluding hydrogens is 384 g/mol. The number of thiophene rings is 1. The van der Waals surface area contributed by atoms with Gasteiger partial charge in [-0.3, -0.25) is 4.98 Å². The number of nitrogens with one attached hydrogen (secondary N) is 1. The van der Waals surface area contributed by atoms with Gasteiger partial charge in [-0.2, -0.15) is 0 Å². The lowest BCUT2D eigenvalue weighted by atomic mass is 10.0. The highest BCUT2D eigenvalue weighted by atomic mass is 32.1. The molecule has 0 atom stereocenters. The summed E-state index contributed by atoms with van der Waals surface area (Å²) in [6.07, 6.45) is 14.8. The number of hydrogen-bond donors (Lipinski definition) is 1. The largest absolute Gasteiger partial charge is 0.465 e. The Labute approximate surface area is 171 Å². The van der Waals surface area contributed by atoms with Gasteiger partial charge < -0.3 is 14.8 Å². The van der Waals surface area contributed by atoms with Gasteiger partial charge in [0.05, 0.1) is 17.6 Å². The summed E-state index contributed by atoms with van der Waals surface area (Å²) in [6.45, 7) is 0.572. The van der Waals surface area contributed by atoms with Crippen LogP contribution in [0.5, 0.6) is 0 Å². The van der Waals surface area contributed by atoms with Crippen molar-refractivity contribution in [1.82, 2.24) is 15.0 Å². The summed E-state index contributed by atoms with van der Waals surface area (Å²) in [5, 5.41) is 6.32. The lowest BCUT2D eigenvalue weighted by Gasteiger charge is -2.19. The monoisotopic (exact) mass is 402 g/mol. The minimum Gasteiger partial charge on any atom is -0.465 e.